The minimum Gasteiger partial charge on any atom is -0.330 e. The molecule has 72 valence electrons. The zero-order valence-corrected chi connectivity index (χ0v) is 8.99. The molecule has 0 rings (SSSR count). The molecule has 0 amide bonds. The van der Waals surface area contributed by atoms with E-state index in [9.17, 15) is 0 Å². The van der Waals surface area contributed by atoms with E-state index in [4.69, 9.17) is 17.3 Å². The van der Waals surface area contributed by atoms with E-state index in [1.54, 1.807) is 0 Å². The molecular weight excluding hydrogens is 172 g/mol. The minimum atomic E-state index is 0.154. The summed E-state index contributed by atoms with van der Waals surface area (Å²) in [5.41, 5.74) is 5.76. The van der Waals surface area contributed by atoms with E-state index in [1.165, 1.54) is 0 Å². The highest BCUT2D eigenvalue weighted by Crippen LogP contribution is 2.14. The van der Waals surface area contributed by atoms with E-state index >= 15 is 0 Å². The van der Waals surface area contributed by atoms with Crippen molar-refractivity contribution in [1.82, 2.24) is 4.90 Å². The lowest BCUT2D eigenvalue weighted by molar-refractivity contribution is 0.230. The molecule has 0 aromatic carbocycles. The molecule has 2 N–H and O–H groups in total. The molecule has 0 radical (unpaired) electrons. The molecule has 0 aliphatic heterocycles. The molecular formula is C9H19ClN2. The minimum absolute atomic E-state index is 0.154. The zero-order valence-electron chi connectivity index (χ0n) is 8.23. The van der Waals surface area contributed by atoms with Crippen molar-refractivity contribution in [3.8, 4) is 0 Å². The van der Waals surface area contributed by atoms with Gasteiger partial charge >= 0.3 is 0 Å². The smallest absolute Gasteiger partial charge is 0.0332 e. The quantitative estimate of drug-likeness (QED) is 0.715. The van der Waals surface area contributed by atoms with Crippen LogP contribution in [0, 0.1) is 5.41 Å². The molecule has 0 atom stereocenters. The average Bonchev–Trinajstić information content (AvgIpc) is 1.84. The fourth-order valence-corrected chi connectivity index (χ4v) is 1.35. The third-order valence-electron chi connectivity index (χ3n) is 1.69. The van der Waals surface area contributed by atoms with Crippen LogP contribution in [0.15, 0.2) is 11.6 Å². The maximum Gasteiger partial charge on any atom is 0.0332 e. The van der Waals surface area contributed by atoms with Gasteiger partial charge in [-0.15, -0.1) is 0 Å². The lowest BCUT2D eigenvalue weighted by Crippen LogP contribution is -2.37. The Bertz CT molecular complexity index is 155. The van der Waals surface area contributed by atoms with E-state index in [2.05, 4.69) is 25.3 Å². The molecule has 0 spiro atoms. The number of nitrogens with two attached hydrogens (primary N) is 1. The summed E-state index contributed by atoms with van der Waals surface area (Å²) in [6.07, 6.45) is 0. The molecule has 0 aromatic rings. The van der Waals surface area contributed by atoms with Crippen molar-refractivity contribution in [2.24, 2.45) is 11.1 Å². The highest BCUT2D eigenvalue weighted by Gasteiger charge is 2.17. The van der Waals surface area contributed by atoms with Gasteiger partial charge in [-0.1, -0.05) is 32.0 Å². The Morgan fingerprint density at radius 3 is 2.42 bits per heavy atom. The molecule has 2 nitrogen and oxygen atoms in total. The first-order valence-corrected chi connectivity index (χ1v) is 4.47. The molecule has 0 bridgehead atoms. The molecule has 0 aliphatic carbocycles. The first kappa shape index (κ1) is 11.9. The first-order chi connectivity index (χ1) is 5.37. The largest absolute Gasteiger partial charge is 0.330 e. The van der Waals surface area contributed by atoms with E-state index in [0.29, 0.717) is 11.6 Å². The van der Waals surface area contributed by atoms with E-state index in [-0.39, 0.29) is 5.41 Å². The van der Waals surface area contributed by atoms with Gasteiger partial charge in [-0.25, -0.2) is 0 Å². The molecule has 0 aromatic heterocycles. The summed E-state index contributed by atoms with van der Waals surface area (Å²) in [5, 5.41) is 0.672. The van der Waals surface area contributed by atoms with Crippen LogP contribution in [0.4, 0.5) is 0 Å². The Hall–Kier alpha value is -0.0500. The van der Waals surface area contributed by atoms with Gasteiger partial charge in [-0.2, -0.15) is 0 Å². The fraction of sp³-hybridized carbons (Fsp3) is 0.778. The van der Waals surface area contributed by atoms with Gasteiger partial charge in [0.05, 0.1) is 0 Å². The molecule has 0 saturated carbocycles. The summed E-state index contributed by atoms with van der Waals surface area (Å²) in [5.74, 6) is 0. The predicted molar refractivity (Wildman–Crippen MR) is 55.3 cm³/mol. The zero-order chi connectivity index (χ0) is 9.78. The Morgan fingerprint density at radius 2 is 2.08 bits per heavy atom. The van der Waals surface area contributed by atoms with E-state index in [0.717, 1.165) is 13.1 Å². The van der Waals surface area contributed by atoms with Crippen LogP contribution < -0.4 is 5.73 Å². The van der Waals surface area contributed by atoms with Crippen LogP contribution >= 0.6 is 11.6 Å². The summed E-state index contributed by atoms with van der Waals surface area (Å²) < 4.78 is 0. The third kappa shape index (κ3) is 5.58. The summed E-state index contributed by atoms with van der Waals surface area (Å²) in [4.78, 5) is 2.13. The molecule has 0 heterocycles. The summed E-state index contributed by atoms with van der Waals surface area (Å²) in [7, 11) is 2.02. The van der Waals surface area contributed by atoms with Crippen molar-refractivity contribution in [2.45, 2.75) is 13.8 Å². The SMILES string of the molecule is C=C(Cl)CN(C)CC(C)(C)CN. The second-order valence-corrected chi connectivity index (χ2v) is 4.59. The summed E-state index contributed by atoms with van der Waals surface area (Å²) in [6.45, 7) is 10.3. The maximum absolute atomic E-state index is 5.68. The van der Waals surface area contributed by atoms with Crippen molar-refractivity contribution in [2.75, 3.05) is 26.7 Å². The number of halogens is 1. The second kappa shape index (κ2) is 4.85. The maximum atomic E-state index is 5.68. The van der Waals surface area contributed by atoms with Gasteiger partial charge in [0.15, 0.2) is 0 Å². The van der Waals surface area contributed by atoms with Gasteiger partial charge in [0, 0.05) is 18.1 Å². The van der Waals surface area contributed by atoms with Gasteiger partial charge in [-0.05, 0) is 19.0 Å². The van der Waals surface area contributed by atoms with Crippen molar-refractivity contribution < 1.29 is 0 Å². The first-order valence-electron chi connectivity index (χ1n) is 4.09. The second-order valence-electron chi connectivity index (χ2n) is 4.06. The predicted octanol–water partition coefficient (Wildman–Crippen LogP) is 1.66. The van der Waals surface area contributed by atoms with Gasteiger partial charge in [0.2, 0.25) is 0 Å². The van der Waals surface area contributed by atoms with Crippen molar-refractivity contribution in [3.05, 3.63) is 11.6 Å². The Morgan fingerprint density at radius 1 is 1.58 bits per heavy atom. The van der Waals surface area contributed by atoms with Crippen LogP contribution in [0.1, 0.15) is 13.8 Å². The van der Waals surface area contributed by atoms with Crippen LogP contribution in [0.5, 0.6) is 0 Å². The van der Waals surface area contributed by atoms with Gasteiger partial charge in [0.25, 0.3) is 0 Å². The lowest BCUT2D eigenvalue weighted by Gasteiger charge is -2.28. The standard InChI is InChI=1S/C9H19ClN2/c1-8(10)5-12(4)7-9(2,3)6-11/h1,5-7,11H2,2-4H3. The molecule has 12 heavy (non-hydrogen) atoms. The molecule has 3 heteroatoms. The molecule has 0 saturated heterocycles. The van der Waals surface area contributed by atoms with Gasteiger partial charge in [-0.3, -0.25) is 0 Å². The fourth-order valence-electron chi connectivity index (χ4n) is 1.14. The van der Waals surface area contributed by atoms with E-state index < -0.39 is 0 Å². The molecule has 0 fully saturated rings. The van der Waals surface area contributed by atoms with Crippen LogP contribution in [0.25, 0.3) is 0 Å². The lowest BCUT2D eigenvalue weighted by atomic mass is 9.93. The van der Waals surface area contributed by atoms with Crippen molar-refractivity contribution in [1.29, 1.82) is 0 Å². The van der Waals surface area contributed by atoms with Gasteiger partial charge < -0.3 is 10.6 Å². The summed E-state index contributed by atoms with van der Waals surface area (Å²) in [6, 6.07) is 0. The van der Waals surface area contributed by atoms with Crippen LogP contribution in [-0.2, 0) is 0 Å². The Kier molecular flexibility index (Phi) is 4.83. The Balaban J connectivity index is 3.83. The van der Waals surface area contributed by atoms with Crippen LogP contribution in [0.3, 0.4) is 0 Å². The number of nitrogens with zero attached hydrogens (tertiary/aromatic N) is 1. The van der Waals surface area contributed by atoms with Crippen molar-refractivity contribution >= 4 is 11.6 Å². The number of hydrogen-bond donors (Lipinski definition) is 1. The van der Waals surface area contributed by atoms with Crippen LogP contribution in [0.2, 0.25) is 0 Å². The number of hydrogen-bond acceptors (Lipinski definition) is 2. The van der Waals surface area contributed by atoms with Crippen molar-refractivity contribution in [3.63, 3.8) is 0 Å². The topological polar surface area (TPSA) is 29.3 Å². The summed E-state index contributed by atoms with van der Waals surface area (Å²) >= 11 is 5.68. The normalized spacial score (nSPS) is 12.2. The van der Waals surface area contributed by atoms with E-state index in [1.807, 2.05) is 7.05 Å². The highest BCUT2D eigenvalue weighted by molar-refractivity contribution is 6.29. The van der Waals surface area contributed by atoms with Gasteiger partial charge in [0.1, 0.15) is 0 Å². The highest BCUT2D eigenvalue weighted by atomic mass is 35.5. The number of likely N-dealkylation sites (N-methyl/N-ethyl adjacent to an activating group) is 1. The molecule has 0 aliphatic rings. The third-order valence-corrected chi connectivity index (χ3v) is 1.81. The monoisotopic (exact) mass is 190 g/mol. The Labute approximate surface area is 80.4 Å². The average molecular weight is 191 g/mol. The molecule has 0 unspecified atom stereocenters. The number of rotatable bonds is 5. The van der Waals surface area contributed by atoms with Crippen LogP contribution in [-0.4, -0.2) is 31.6 Å².